The Kier molecular flexibility index (Phi) is 7.04. The third kappa shape index (κ3) is 4.04. The lowest BCUT2D eigenvalue weighted by Crippen LogP contribution is -2.59. The van der Waals surface area contributed by atoms with Gasteiger partial charge in [0.25, 0.3) is 0 Å². The highest BCUT2D eigenvalue weighted by molar-refractivity contribution is 6.31. The Morgan fingerprint density at radius 1 is 0.892 bits per heavy atom. The maximum Gasteiger partial charge on any atom is 0.325 e. The molecule has 4 aromatic rings. The van der Waals surface area contributed by atoms with Gasteiger partial charge in [-0.2, -0.15) is 5.26 Å². The van der Waals surface area contributed by atoms with Gasteiger partial charge in [-0.1, -0.05) is 111 Å². The molecule has 0 bridgehead atoms. The number of rotatable bonds is 7. The van der Waals surface area contributed by atoms with Crippen molar-refractivity contribution in [3.63, 3.8) is 0 Å². The summed E-state index contributed by atoms with van der Waals surface area (Å²) in [4.78, 5) is 13.6. The Hall–Kier alpha value is -3.81. The van der Waals surface area contributed by atoms with Crippen LogP contribution in [0, 0.1) is 22.2 Å². The van der Waals surface area contributed by atoms with Crippen molar-refractivity contribution in [1.82, 2.24) is 0 Å². The van der Waals surface area contributed by atoms with Gasteiger partial charge < -0.3 is 9.84 Å². The predicted octanol–water partition coefficient (Wildman–Crippen LogP) is 7.67. The van der Waals surface area contributed by atoms with Crippen LogP contribution in [0.25, 0.3) is 10.8 Å². The molecule has 5 heteroatoms. The molecule has 4 nitrogen and oxygen atoms in total. The number of fused-ring (bicyclic) bond motifs is 1. The minimum atomic E-state index is -1.96. The number of carboxylic acid groups (broad SMARTS) is 1. The van der Waals surface area contributed by atoms with Gasteiger partial charge in [0, 0.05) is 17.0 Å². The molecular formula is C32H30ClNO3. The molecule has 0 saturated heterocycles. The maximum absolute atomic E-state index is 13.6. The lowest BCUT2D eigenvalue weighted by Gasteiger charge is -2.54. The van der Waals surface area contributed by atoms with E-state index in [1.165, 1.54) is 0 Å². The number of halogens is 1. The minimum Gasteiger partial charge on any atom is -0.496 e. The van der Waals surface area contributed by atoms with Crippen molar-refractivity contribution in [2.75, 3.05) is 7.11 Å². The molecule has 0 aliphatic rings. The number of methoxy groups -OCH3 is 1. The molecule has 0 aliphatic carbocycles. The van der Waals surface area contributed by atoms with Gasteiger partial charge in [0.2, 0.25) is 0 Å². The second kappa shape index (κ2) is 9.92. The summed E-state index contributed by atoms with van der Waals surface area (Å²) in [6.45, 7) is 5.97. The number of ether oxygens (including phenoxy) is 1. The van der Waals surface area contributed by atoms with Crippen LogP contribution in [0.5, 0.6) is 5.75 Å². The fourth-order valence-corrected chi connectivity index (χ4v) is 6.23. The summed E-state index contributed by atoms with van der Waals surface area (Å²) in [5, 5.41) is 24.4. The number of nitriles is 1. The van der Waals surface area contributed by atoms with Crippen molar-refractivity contribution in [1.29, 1.82) is 5.26 Å². The Morgan fingerprint density at radius 3 is 2.14 bits per heavy atom. The normalized spacial score (nSPS) is 14.8. The average Bonchev–Trinajstić information content (AvgIpc) is 2.89. The highest BCUT2D eigenvalue weighted by atomic mass is 35.5. The molecule has 2 unspecified atom stereocenters. The van der Waals surface area contributed by atoms with E-state index in [1.54, 1.807) is 25.3 Å². The van der Waals surface area contributed by atoms with Crippen molar-refractivity contribution < 1.29 is 14.6 Å². The molecule has 0 aliphatic heterocycles. The fourth-order valence-electron chi connectivity index (χ4n) is 6.03. The van der Waals surface area contributed by atoms with Crippen molar-refractivity contribution in [2.45, 2.75) is 32.6 Å². The summed E-state index contributed by atoms with van der Waals surface area (Å²) in [5.41, 5.74) is -2.13. The first-order valence-corrected chi connectivity index (χ1v) is 12.5. The first kappa shape index (κ1) is 26.3. The predicted molar refractivity (Wildman–Crippen MR) is 148 cm³/mol. The highest BCUT2D eigenvalue weighted by Gasteiger charge is 2.66. The molecule has 0 radical (unpaired) electrons. The monoisotopic (exact) mass is 511 g/mol. The SMILES string of the molecule is COc1ccccc1C(c1cccc2ccccc12)(C(C)(C)C)C(C#N)(Cc1ccccc1Cl)C(=O)O. The second-order valence-corrected chi connectivity index (χ2v) is 10.7. The number of carboxylic acids is 1. The van der Waals surface area contributed by atoms with Crippen LogP contribution in [0.3, 0.4) is 0 Å². The molecule has 2 atom stereocenters. The summed E-state index contributed by atoms with van der Waals surface area (Å²) in [6.07, 6.45) is -0.100. The molecule has 188 valence electrons. The maximum atomic E-state index is 13.6. The van der Waals surface area contributed by atoms with E-state index >= 15 is 0 Å². The first-order chi connectivity index (χ1) is 17.6. The van der Waals surface area contributed by atoms with E-state index in [1.807, 2.05) is 93.6 Å². The molecule has 1 N–H and O–H groups in total. The number of benzene rings is 4. The van der Waals surface area contributed by atoms with Gasteiger partial charge in [0.1, 0.15) is 5.75 Å². The van der Waals surface area contributed by atoms with Crippen molar-refractivity contribution >= 4 is 28.3 Å². The molecule has 4 rings (SSSR count). The molecule has 0 spiro atoms. The van der Waals surface area contributed by atoms with Crippen LogP contribution in [0.4, 0.5) is 0 Å². The third-order valence-corrected chi connectivity index (χ3v) is 7.81. The van der Waals surface area contributed by atoms with Gasteiger partial charge in [0.15, 0.2) is 5.41 Å². The van der Waals surface area contributed by atoms with E-state index in [9.17, 15) is 15.2 Å². The standard InChI is InChI=1S/C32H30ClNO3/c1-30(2,3)32(26-16-8-10-19-28(26)37-4,25-17-11-14-22-12-5-7-15-24(22)25)31(21-34,29(35)36)20-23-13-6-9-18-27(23)33/h5-19H,20H2,1-4H3,(H,35,36). The van der Waals surface area contributed by atoms with E-state index < -0.39 is 22.2 Å². The lowest BCUT2D eigenvalue weighted by molar-refractivity contribution is -0.151. The van der Waals surface area contributed by atoms with Gasteiger partial charge in [-0.3, -0.25) is 4.79 Å². The van der Waals surface area contributed by atoms with E-state index in [0.717, 1.165) is 16.3 Å². The Morgan fingerprint density at radius 2 is 1.49 bits per heavy atom. The quantitative estimate of drug-likeness (QED) is 0.276. The smallest absolute Gasteiger partial charge is 0.325 e. The summed E-state index contributed by atoms with van der Waals surface area (Å²) in [6, 6.07) is 30.6. The minimum absolute atomic E-state index is 0.100. The average molecular weight is 512 g/mol. The third-order valence-electron chi connectivity index (χ3n) is 7.44. The fraction of sp³-hybridized carbons (Fsp3) is 0.250. The molecule has 37 heavy (non-hydrogen) atoms. The van der Waals surface area contributed by atoms with E-state index in [4.69, 9.17) is 16.3 Å². The summed E-state index contributed by atoms with van der Waals surface area (Å²) < 4.78 is 5.85. The van der Waals surface area contributed by atoms with Crippen LogP contribution in [-0.2, 0) is 16.6 Å². The van der Waals surface area contributed by atoms with Crippen LogP contribution in [0.15, 0.2) is 91.0 Å². The van der Waals surface area contributed by atoms with Crippen LogP contribution in [0.2, 0.25) is 5.02 Å². The molecule has 0 amide bonds. The summed E-state index contributed by atoms with van der Waals surface area (Å²) in [5.74, 6) is -0.700. The van der Waals surface area contributed by atoms with Crippen LogP contribution in [-0.4, -0.2) is 18.2 Å². The zero-order chi connectivity index (χ0) is 26.8. The molecular weight excluding hydrogens is 482 g/mol. The van der Waals surface area contributed by atoms with Gasteiger partial charge in [-0.05, 0) is 39.4 Å². The zero-order valence-corrected chi connectivity index (χ0v) is 22.2. The summed E-state index contributed by atoms with van der Waals surface area (Å²) >= 11 is 6.57. The first-order valence-electron chi connectivity index (χ1n) is 12.1. The van der Waals surface area contributed by atoms with Crippen molar-refractivity contribution in [2.24, 2.45) is 10.8 Å². The zero-order valence-electron chi connectivity index (χ0n) is 21.5. The molecule has 0 aromatic heterocycles. The van der Waals surface area contributed by atoms with Crippen LogP contribution in [0.1, 0.15) is 37.5 Å². The second-order valence-electron chi connectivity index (χ2n) is 10.3. The number of aliphatic carboxylic acids is 1. The number of nitrogens with zero attached hydrogens (tertiary/aromatic N) is 1. The van der Waals surface area contributed by atoms with E-state index in [0.29, 0.717) is 21.9 Å². The van der Waals surface area contributed by atoms with E-state index in [2.05, 4.69) is 6.07 Å². The van der Waals surface area contributed by atoms with Crippen LogP contribution >= 0.6 is 11.6 Å². The lowest BCUT2D eigenvalue weighted by atomic mass is 9.45. The molecule has 0 fully saturated rings. The number of hydrogen-bond donors (Lipinski definition) is 1. The van der Waals surface area contributed by atoms with Gasteiger partial charge in [-0.15, -0.1) is 0 Å². The number of carbonyl (C=O) groups is 1. The van der Waals surface area contributed by atoms with Gasteiger partial charge in [-0.25, -0.2) is 0 Å². The van der Waals surface area contributed by atoms with Gasteiger partial charge in [0.05, 0.1) is 18.6 Å². The highest BCUT2D eigenvalue weighted by Crippen LogP contribution is 2.62. The van der Waals surface area contributed by atoms with Gasteiger partial charge >= 0.3 is 5.97 Å². The largest absolute Gasteiger partial charge is 0.496 e. The summed E-state index contributed by atoms with van der Waals surface area (Å²) in [7, 11) is 1.57. The number of para-hydroxylation sites is 1. The van der Waals surface area contributed by atoms with Crippen molar-refractivity contribution in [3.8, 4) is 11.8 Å². The topological polar surface area (TPSA) is 70.3 Å². The Balaban J connectivity index is 2.29. The van der Waals surface area contributed by atoms with Crippen LogP contribution < -0.4 is 4.74 Å². The molecule has 0 heterocycles. The molecule has 4 aromatic carbocycles. The van der Waals surface area contributed by atoms with Crippen molar-refractivity contribution in [3.05, 3.63) is 113 Å². The number of hydrogen-bond acceptors (Lipinski definition) is 3. The Labute approximate surface area is 223 Å². The van der Waals surface area contributed by atoms with E-state index in [-0.39, 0.29) is 6.42 Å². The Bertz CT molecular complexity index is 1490. The molecule has 0 saturated carbocycles.